The molecule has 1 aromatic carbocycles. The molecule has 0 unspecified atom stereocenters. The summed E-state index contributed by atoms with van der Waals surface area (Å²) in [4.78, 5) is 0. The van der Waals surface area contributed by atoms with E-state index in [1.54, 1.807) is 0 Å². The van der Waals surface area contributed by atoms with Crippen LogP contribution in [0.15, 0.2) is 30.3 Å². The lowest BCUT2D eigenvalue weighted by atomic mass is 10.2. The normalized spacial score (nSPS) is 11.5. The zero-order valence-corrected chi connectivity index (χ0v) is 9.46. The van der Waals surface area contributed by atoms with Crippen molar-refractivity contribution < 1.29 is 12.7 Å². The number of rotatable bonds is 6. The lowest BCUT2D eigenvalue weighted by molar-refractivity contribution is 0.206. The average Bonchev–Trinajstić information content (AvgIpc) is 2.26. The first-order valence-electron chi connectivity index (χ1n) is 4.82. The van der Waals surface area contributed by atoms with E-state index in [1.165, 1.54) is 6.92 Å². The summed E-state index contributed by atoms with van der Waals surface area (Å²) in [6.07, 6.45) is 0.736. The monoisotopic (exact) mass is 229 g/mol. The lowest BCUT2D eigenvalue weighted by Crippen LogP contribution is -2.23. The molecule has 0 aliphatic carbocycles. The minimum atomic E-state index is -3.39. The Labute approximate surface area is 90.3 Å². The van der Waals surface area contributed by atoms with Gasteiger partial charge in [-0.1, -0.05) is 30.3 Å². The Bertz CT molecular complexity index is 375. The molecule has 0 bridgehead atoms. The van der Waals surface area contributed by atoms with Crippen molar-refractivity contribution in [2.75, 3.05) is 12.3 Å². The number of hydrogen-bond donors (Lipinski definition) is 1. The van der Waals surface area contributed by atoms with Crippen LogP contribution in [0.2, 0.25) is 0 Å². The summed E-state index contributed by atoms with van der Waals surface area (Å²) >= 11 is 0. The first-order valence-corrected chi connectivity index (χ1v) is 6.40. The summed E-state index contributed by atoms with van der Waals surface area (Å²) in [5, 5.41) is 0. The topological polar surface area (TPSA) is 55.4 Å². The van der Waals surface area contributed by atoms with Gasteiger partial charge < -0.3 is 0 Å². The molecule has 0 fully saturated rings. The van der Waals surface area contributed by atoms with Gasteiger partial charge in [-0.15, -0.1) is 0 Å². The SMILES string of the molecule is CCS(=O)(=O)ONCCc1ccccc1. The fourth-order valence-corrected chi connectivity index (χ4v) is 1.41. The minimum Gasteiger partial charge on any atom is -0.198 e. The molecule has 1 aromatic rings. The van der Waals surface area contributed by atoms with Gasteiger partial charge in [0.15, 0.2) is 0 Å². The van der Waals surface area contributed by atoms with E-state index in [0.717, 1.165) is 12.0 Å². The highest BCUT2D eigenvalue weighted by molar-refractivity contribution is 7.86. The zero-order valence-electron chi connectivity index (χ0n) is 8.64. The predicted octanol–water partition coefficient (Wildman–Crippen LogP) is 1.10. The van der Waals surface area contributed by atoms with E-state index in [9.17, 15) is 8.42 Å². The maximum atomic E-state index is 10.9. The third kappa shape index (κ3) is 4.92. The highest BCUT2D eigenvalue weighted by Gasteiger charge is 2.06. The molecule has 1 rings (SSSR count). The Morgan fingerprint density at radius 1 is 1.27 bits per heavy atom. The number of hydrogen-bond acceptors (Lipinski definition) is 4. The molecule has 1 N–H and O–H groups in total. The van der Waals surface area contributed by atoms with Gasteiger partial charge in [-0.2, -0.15) is 18.2 Å². The molecule has 0 aliphatic rings. The van der Waals surface area contributed by atoms with Crippen molar-refractivity contribution in [1.82, 2.24) is 5.48 Å². The van der Waals surface area contributed by atoms with Crippen LogP contribution >= 0.6 is 0 Å². The van der Waals surface area contributed by atoms with Gasteiger partial charge in [0.1, 0.15) is 0 Å². The molecule has 0 radical (unpaired) electrons. The van der Waals surface area contributed by atoms with Gasteiger partial charge in [0.05, 0.1) is 5.75 Å². The molecule has 5 heteroatoms. The summed E-state index contributed by atoms with van der Waals surface area (Å²) in [6, 6.07) is 9.79. The molecule has 0 aliphatic heterocycles. The molecule has 15 heavy (non-hydrogen) atoms. The Morgan fingerprint density at radius 2 is 1.93 bits per heavy atom. The highest BCUT2D eigenvalue weighted by Crippen LogP contribution is 1.98. The smallest absolute Gasteiger partial charge is 0.198 e. The summed E-state index contributed by atoms with van der Waals surface area (Å²) in [5.41, 5.74) is 3.58. The van der Waals surface area contributed by atoms with E-state index < -0.39 is 10.1 Å². The Kier molecular flexibility index (Phi) is 4.74. The van der Waals surface area contributed by atoms with E-state index >= 15 is 0 Å². The molecule has 0 saturated heterocycles. The van der Waals surface area contributed by atoms with Crippen LogP contribution in [0.5, 0.6) is 0 Å². The van der Waals surface area contributed by atoms with E-state index in [-0.39, 0.29) is 5.75 Å². The summed E-state index contributed by atoms with van der Waals surface area (Å²) in [6.45, 7) is 2.01. The Hall–Kier alpha value is -0.910. The molecule has 0 amide bonds. The lowest BCUT2D eigenvalue weighted by Gasteiger charge is -2.04. The van der Waals surface area contributed by atoms with Crippen LogP contribution in [0.25, 0.3) is 0 Å². The molecule has 84 valence electrons. The van der Waals surface area contributed by atoms with Crippen molar-refractivity contribution in [2.24, 2.45) is 0 Å². The quantitative estimate of drug-likeness (QED) is 0.586. The second-order valence-corrected chi connectivity index (χ2v) is 4.92. The van der Waals surface area contributed by atoms with Crippen LogP contribution < -0.4 is 5.48 Å². The predicted molar refractivity (Wildman–Crippen MR) is 58.7 cm³/mol. The van der Waals surface area contributed by atoms with Crippen LogP contribution in [0.4, 0.5) is 0 Å². The van der Waals surface area contributed by atoms with Crippen molar-refractivity contribution in [3.8, 4) is 0 Å². The van der Waals surface area contributed by atoms with Gasteiger partial charge in [-0.05, 0) is 18.9 Å². The van der Waals surface area contributed by atoms with Gasteiger partial charge in [0.2, 0.25) is 0 Å². The molecular weight excluding hydrogens is 214 g/mol. The van der Waals surface area contributed by atoms with Crippen LogP contribution in [-0.2, 0) is 20.8 Å². The maximum Gasteiger partial charge on any atom is 0.282 e. The Morgan fingerprint density at radius 3 is 2.53 bits per heavy atom. The standard InChI is InChI=1S/C10H15NO3S/c1-2-15(12,13)14-11-9-8-10-6-4-3-5-7-10/h3-7,11H,2,8-9H2,1H3. The van der Waals surface area contributed by atoms with Gasteiger partial charge in [-0.25, -0.2) is 0 Å². The second kappa shape index (κ2) is 5.85. The Balaban J connectivity index is 2.24. The van der Waals surface area contributed by atoms with Crippen molar-refractivity contribution in [3.63, 3.8) is 0 Å². The largest absolute Gasteiger partial charge is 0.282 e. The van der Waals surface area contributed by atoms with Crippen molar-refractivity contribution in [3.05, 3.63) is 35.9 Å². The first kappa shape index (κ1) is 12.2. The van der Waals surface area contributed by atoms with Gasteiger partial charge in [0.25, 0.3) is 10.1 Å². The fourth-order valence-electron chi connectivity index (χ4n) is 1.03. The average molecular weight is 229 g/mol. The van der Waals surface area contributed by atoms with E-state index in [1.807, 2.05) is 30.3 Å². The molecule has 4 nitrogen and oxygen atoms in total. The van der Waals surface area contributed by atoms with E-state index in [2.05, 4.69) is 9.76 Å². The van der Waals surface area contributed by atoms with Crippen LogP contribution in [0, 0.1) is 0 Å². The summed E-state index contributed by atoms with van der Waals surface area (Å²) in [5.74, 6) is -0.0225. The summed E-state index contributed by atoms with van der Waals surface area (Å²) in [7, 11) is -3.39. The third-order valence-electron chi connectivity index (χ3n) is 1.90. The van der Waals surface area contributed by atoms with Crippen molar-refractivity contribution in [1.29, 1.82) is 0 Å². The molecule has 0 atom stereocenters. The maximum absolute atomic E-state index is 10.9. The van der Waals surface area contributed by atoms with Gasteiger partial charge >= 0.3 is 0 Å². The summed E-state index contributed by atoms with van der Waals surface area (Å²) < 4.78 is 26.4. The highest BCUT2D eigenvalue weighted by atomic mass is 32.2. The van der Waals surface area contributed by atoms with E-state index in [0.29, 0.717) is 6.54 Å². The van der Waals surface area contributed by atoms with Crippen LogP contribution in [-0.4, -0.2) is 20.7 Å². The number of benzene rings is 1. The molecular formula is C10H15NO3S. The molecule has 0 saturated carbocycles. The van der Waals surface area contributed by atoms with Crippen LogP contribution in [0.1, 0.15) is 12.5 Å². The molecule has 0 spiro atoms. The van der Waals surface area contributed by atoms with E-state index in [4.69, 9.17) is 0 Å². The zero-order chi connectivity index (χ0) is 11.1. The second-order valence-electron chi connectivity index (χ2n) is 3.06. The van der Waals surface area contributed by atoms with Gasteiger partial charge in [-0.3, -0.25) is 0 Å². The van der Waals surface area contributed by atoms with Crippen molar-refractivity contribution in [2.45, 2.75) is 13.3 Å². The van der Waals surface area contributed by atoms with Crippen molar-refractivity contribution >= 4 is 10.1 Å². The molecule has 0 aromatic heterocycles. The fraction of sp³-hybridized carbons (Fsp3) is 0.400. The van der Waals surface area contributed by atoms with Crippen LogP contribution in [0.3, 0.4) is 0 Å². The first-order chi connectivity index (χ1) is 7.14. The number of nitrogens with one attached hydrogen (secondary N) is 1. The minimum absolute atomic E-state index is 0.0225. The van der Waals surface area contributed by atoms with Gasteiger partial charge in [0, 0.05) is 6.54 Å². The molecule has 0 heterocycles. The number of hydroxylamine groups is 1. The third-order valence-corrected chi connectivity index (χ3v) is 2.98.